The quantitative estimate of drug-likeness (QED) is 0.446. The predicted octanol–water partition coefficient (Wildman–Crippen LogP) is 2.88. The Kier molecular flexibility index (Phi) is 6.91. The number of aliphatic imine (C=N–C) groups is 1. The molecule has 0 aliphatic carbocycles. The summed E-state index contributed by atoms with van der Waals surface area (Å²) in [5, 5.41) is 4.52. The molecule has 0 bridgehead atoms. The summed E-state index contributed by atoms with van der Waals surface area (Å²) in [5.41, 5.74) is 0.914. The molecule has 1 N–H and O–H groups in total. The monoisotopic (exact) mass is 359 g/mol. The van der Waals surface area contributed by atoms with Crippen molar-refractivity contribution in [3.05, 3.63) is 36.1 Å². The molecule has 1 aromatic carbocycles. The Balaban J connectivity index is 1.57. The number of nitrogens with one attached hydrogen (secondary N) is 1. The summed E-state index contributed by atoms with van der Waals surface area (Å²) in [6.45, 7) is 7.56. The number of hydrogen-bond acceptors (Lipinski definition) is 4. The van der Waals surface area contributed by atoms with E-state index in [0.717, 1.165) is 55.4 Å². The average Bonchev–Trinajstić information content (AvgIpc) is 3.29. The first kappa shape index (κ1) is 18.7. The van der Waals surface area contributed by atoms with Crippen LogP contribution in [0.2, 0.25) is 0 Å². The number of guanidine groups is 1. The standard InChI is InChI=1S/C20H29N3O3/c1-3-21-20(23-9-8-16(14-23)15-25-11-10-24-2)22-13-18-12-17-6-4-5-7-19(17)26-18/h4-7,12,16H,3,8-11,13-15H2,1-2H3,(H,21,22). The van der Waals surface area contributed by atoms with E-state index >= 15 is 0 Å². The van der Waals surface area contributed by atoms with Gasteiger partial charge in [0.25, 0.3) is 0 Å². The molecule has 0 amide bonds. The Morgan fingerprint density at radius 2 is 2.23 bits per heavy atom. The van der Waals surface area contributed by atoms with Gasteiger partial charge < -0.3 is 24.1 Å². The molecular weight excluding hydrogens is 330 g/mol. The first-order chi connectivity index (χ1) is 12.8. The zero-order valence-corrected chi connectivity index (χ0v) is 15.7. The molecule has 2 heterocycles. The highest BCUT2D eigenvalue weighted by Crippen LogP contribution is 2.20. The van der Waals surface area contributed by atoms with Crippen molar-refractivity contribution in [2.24, 2.45) is 10.9 Å². The largest absolute Gasteiger partial charge is 0.459 e. The summed E-state index contributed by atoms with van der Waals surface area (Å²) in [5.74, 6) is 2.38. The summed E-state index contributed by atoms with van der Waals surface area (Å²) < 4.78 is 16.6. The summed E-state index contributed by atoms with van der Waals surface area (Å²) in [6.07, 6.45) is 1.13. The minimum atomic E-state index is 0.543. The smallest absolute Gasteiger partial charge is 0.194 e. The molecule has 0 spiro atoms. The molecule has 1 aliphatic heterocycles. The van der Waals surface area contributed by atoms with Gasteiger partial charge in [-0.1, -0.05) is 18.2 Å². The fourth-order valence-corrected chi connectivity index (χ4v) is 3.25. The van der Waals surface area contributed by atoms with Crippen LogP contribution in [0.5, 0.6) is 0 Å². The minimum Gasteiger partial charge on any atom is -0.459 e. The maximum atomic E-state index is 5.87. The second-order valence-corrected chi connectivity index (χ2v) is 6.59. The summed E-state index contributed by atoms with van der Waals surface area (Å²) in [7, 11) is 1.70. The van der Waals surface area contributed by atoms with Gasteiger partial charge in [-0.15, -0.1) is 0 Å². The molecule has 6 heteroatoms. The van der Waals surface area contributed by atoms with Crippen LogP contribution in [0.25, 0.3) is 11.0 Å². The molecule has 0 radical (unpaired) electrons. The third-order valence-electron chi connectivity index (χ3n) is 4.57. The summed E-state index contributed by atoms with van der Waals surface area (Å²) in [6, 6.07) is 10.1. The SMILES string of the molecule is CCNC(=NCc1cc2ccccc2o1)N1CCC(COCCOC)C1. The average molecular weight is 359 g/mol. The molecule has 1 aromatic heterocycles. The van der Waals surface area contributed by atoms with E-state index < -0.39 is 0 Å². The van der Waals surface area contributed by atoms with E-state index in [0.29, 0.717) is 25.7 Å². The van der Waals surface area contributed by atoms with Crippen LogP contribution in [0.1, 0.15) is 19.1 Å². The van der Waals surface area contributed by atoms with E-state index in [9.17, 15) is 0 Å². The van der Waals surface area contributed by atoms with E-state index in [1.807, 2.05) is 18.2 Å². The highest BCUT2D eigenvalue weighted by atomic mass is 16.5. The normalized spacial score (nSPS) is 18.0. The third-order valence-corrected chi connectivity index (χ3v) is 4.57. The highest BCUT2D eigenvalue weighted by Gasteiger charge is 2.25. The van der Waals surface area contributed by atoms with Crippen LogP contribution in [0.15, 0.2) is 39.7 Å². The van der Waals surface area contributed by atoms with Gasteiger partial charge >= 0.3 is 0 Å². The Hall–Kier alpha value is -2.05. The van der Waals surface area contributed by atoms with Gasteiger partial charge in [0.2, 0.25) is 0 Å². The predicted molar refractivity (Wildman–Crippen MR) is 103 cm³/mol. The van der Waals surface area contributed by atoms with Crippen molar-refractivity contribution in [1.82, 2.24) is 10.2 Å². The van der Waals surface area contributed by atoms with Crippen molar-refractivity contribution < 1.29 is 13.9 Å². The Morgan fingerprint density at radius 3 is 3.04 bits per heavy atom. The van der Waals surface area contributed by atoms with Gasteiger partial charge in [-0.05, 0) is 25.5 Å². The van der Waals surface area contributed by atoms with Crippen LogP contribution < -0.4 is 5.32 Å². The van der Waals surface area contributed by atoms with Crippen LogP contribution in [0.4, 0.5) is 0 Å². The fourth-order valence-electron chi connectivity index (χ4n) is 3.25. The van der Waals surface area contributed by atoms with Gasteiger partial charge in [0.15, 0.2) is 5.96 Å². The lowest BCUT2D eigenvalue weighted by atomic mass is 10.1. The highest BCUT2D eigenvalue weighted by molar-refractivity contribution is 5.80. The van der Waals surface area contributed by atoms with E-state index in [-0.39, 0.29) is 0 Å². The molecule has 1 fully saturated rings. The lowest BCUT2D eigenvalue weighted by Crippen LogP contribution is -2.40. The Bertz CT molecular complexity index is 680. The topological polar surface area (TPSA) is 59.2 Å². The molecule has 1 saturated heterocycles. The zero-order valence-electron chi connectivity index (χ0n) is 15.7. The fraction of sp³-hybridized carbons (Fsp3) is 0.550. The molecule has 26 heavy (non-hydrogen) atoms. The van der Waals surface area contributed by atoms with Crippen molar-refractivity contribution in [1.29, 1.82) is 0 Å². The van der Waals surface area contributed by atoms with Crippen molar-refractivity contribution in [3.8, 4) is 0 Å². The third kappa shape index (κ3) is 4.99. The Labute approximate surface area is 155 Å². The van der Waals surface area contributed by atoms with Gasteiger partial charge in [-0.2, -0.15) is 0 Å². The molecule has 142 valence electrons. The number of likely N-dealkylation sites (tertiary alicyclic amines) is 1. The van der Waals surface area contributed by atoms with Crippen LogP contribution in [0.3, 0.4) is 0 Å². The van der Waals surface area contributed by atoms with Crippen molar-refractivity contribution in [2.45, 2.75) is 19.9 Å². The lowest BCUT2D eigenvalue weighted by Gasteiger charge is -2.21. The van der Waals surface area contributed by atoms with E-state index in [4.69, 9.17) is 18.9 Å². The second-order valence-electron chi connectivity index (χ2n) is 6.59. The van der Waals surface area contributed by atoms with E-state index in [1.165, 1.54) is 0 Å². The second kappa shape index (κ2) is 9.59. The van der Waals surface area contributed by atoms with Gasteiger partial charge in [-0.25, -0.2) is 4.99 Å². The molecule has 1 unspecified atom stereocenters. The lowest BCUT2D eigenvalue weighted by molar-refractivity contribution is 0.0536. The molecule has 0 saturated carbocycles. The number of nitrogens with zero attached hydrogens (tertiary/aromatic N) is 2. The van der Waals surface area contributed by atoms with Gasteiger partial charge in [0.05, 0.1) is 19.8 Å². The first-order valence-electron chi connectivity index (χ1n) is 9.37. The molecule has 1 aliphatic rings. The van der Waals surface area contributed by atoms with Crippen molar-refractivity contribution in [3.63, 3.8) is 0 Å². The minimum absolute atomic E-state index is 0.543. The van der Waals surface area contributed by atoms with Crippen LogP contribution in [-0.2, 0) is 16.0 Å². The summed E-state index contributed by atoms with van der Waals surface area (Å²) in [4.78, 5) is 7.10. The molecule has 2 aromatic rings. The van der Waals surface area contributed by atoms with E-state index in [2.05, 4.69) is 29.3 Å². The van der Waals surface area contributed by atoms with Crippen LogP contribution in [-0.4, -0.2) is 57.4 Å². The number of para-hydroxylation sites is 1. The number of benzene rings is 1. The maximum Gasteiger partial charge on any atom is 0.194 e. The van der Waals surface area contributed by atoms with Gasteiger partial charge in [0.1, 0.15) is 17.9 Å². The zero-order chi connectivity index (χ0) is 18.2. The van der Waals surface area contributed by atoms with Gasteiger partial charge in [-0.3, -0.25) is 0 Å². The van der Waals surface area contributed by atoms with Crippen LogP contribution in [0, 0.1) is 5.92 Å². The number of ether oxygens (including phenoxy) is 2. The Morgan fingerprint density at radius 1 is 1.35 bits per heavy atom. The number of furan rings is 1. The molecule has 6 nitrogen and oxygen atoms in total. The van der Waals surface area contributed by atoms with Crippen LogP contribution >= 0.6 is 0 Å². The molecule has 3 rings (SSSR count). The molecular formula is C20H29N3O3. The maximum absolute atomic E-state index is 5.87. The summed E-state index contributed by atoms with van der Waals surface area (Å²) >= 11 is 0. The van der Waals surface area contributed by atoms with Crippen molar-refractivity contribution in [2.75, 3.05) is 46.6 Å². The first-order valence-corrected chi connectivity index (χ1v) is 9.37. The number of methoxy groups -OCH3 is 1. The van der Waals surface area contributed by atoms with Gasteiger partial charge in [0, 0.05) is 38.0 Å². The molecule has 1 atom stereocenters. The number of rotatable bonds is 8. The number of hydrogen-bond donors (Lipinski definition) is 1. The number of fused-ring (bicyclic) bond motifs is 1. The van der Waals surface area contributed by atoms with Crippen molar-refractivity contribution >= 4 is 16.9 Å². The van der Waals surface area contributed by atoms with E-state index in [1.54, 1.807) is 7.11 Å².